The molecule has 1 aromatic carbocycles. The van der Waals surface area contributed by atoms with Crippen molar-refractivity contribution in [1.82, 2.24) is 20.2 Å². The Morgan fingerprint density at radius 1 is 1.07 bits per heavy atom. The number of anilines is 1. The Morgan fingerprint density at radius 2 is 1.93 bits per heavy atom. The van der Waals surface area contributed by atoms with E-state index in [-0.39, 0.29) is 0 Å². The van der Waals surface area contributed by atoms with Crippen molar-refractivity contribution < 1.29 is 0 Å². The highest BCUT2D eigenvalue weighted by atomic mass is 15.1. The van der Waals surface area contributed by atoms with E-state index in [1.807, 2.05) is 38.6 Å². The Kier molecular flexibility index (Phi) is 4.57. The average molecular weight is 369 g/mol. The van der Waals surface area contributed by atoms with E-state index in [0.717, 1.165) is 50.4 Å². The van der Waals surface area contributed by atoms with Gasteiger partial charge in [0.2, 0.25) is 0 Å². The van der Waals surface area contributed by atoms with E-state index in [1.165, 1.54) is 0 Å². The van der Waals surface area contributed by atoms with Crippen LogP contribution >= 0.6 is 0 Å². The second-order valence-corrected chi connectivity index (χ2v) is 7.02. The first-order chi connectivity index (χ1) is 13.6. The summed E-state index contributed by atoms with van der Waals surface area (Å²) in [6, 6.07) is 10.6. The average Bonchev–Trinajstić information content (AvgIpc) is 3.29. The molecule has 0 aliphatic carbocycles. The summed E-state index contributed by atoms with van der Waals surface area (Å²) in [7, 11) is 4.04. The van der Waals surface area contributed by atoms with Crippen LogP contribution < -0.4 is 4.90 Å². The lowest BCUT2D eigenvalue weighted by atomic mass is 10.0. The molecule has 0 unspecified atom stereocenters. The normalized spacial score (nSPS) is 11.4. The lowest BCUT2D eigenvalue weighted by Crippen LogP contribution is -2.08. The second kappa shape index (κ2) is 7.19. The zero-order chi connectivity index (χ0) is 19.7. The lowest BCUT2D eigenvalue weighted by Gasteiger charge is -2.13. The van der Waals surface area contributed by atoms with Gasteiger partial charge in [0.25, 0.3) is 0 Å². The molecule has 2 N–H and O–H groups in total. The molecule has 0 aliphatic rings. The summed E-state index contributed by atoms with van der Waals surface area (Å²) in [5.41, 5.74) is 8.40. The number of nitrogens with zero attached hydrogens (tertiary/aromatic N) is 3. The van der Waals surface area contributed by atoms with Crippen molar-refractivity contribution >= 4 is 22.7 Å². The van der Waals surface area contributed by atoms with E-state index in [1.54, 1.807) is 6.08 Å². The van der Waals surface area contributed by atoms with Gasteiger partial charge in [0.1, 0.15) is 5.69 Å². The number of aromatic nitrogens is 4. The van der Waals surface area contributed by atoms with Crippen molar-refractivity contribution in [1.29, 1.82) is 0 Å². The van der Waals surface area contributed by atoms with Crippen molar-refractivity contribution in [3.63, 3.8) is 0 Å². The van der Waals surface area contributed by atoms with Crippen LogP contribution in [0.25, 0.3) is 39.5 Å². The van der Waals surface area contributed by atoms with Crippen LogP contribution in [0, 0.1) is 6.92 Å². The first-order valence-electron chi connectivity index (χ1n) is 9.17. The maximum Gasteiger partial charge on any atom is 0.116 e. The molecule has 5 nitrogen and oxygen atoms in total. The van der Waals surface area contributed by atoms with Gasteiger partial charge in [-0.05, 0) is 42.3 Å². The van der Waals surface area contributed by atoms with Gasteiger partial charge >= 0.3 is 0 Å². The number of aromatic amines is 2. The van der Waals surface area contributed by atoms with Gasteiger partial charge in [0.05, 0.1) is 23.1 Å². The van der Waals surface area contributed by atoms with E-state index in [2.05, 4.69) is 68.9 Å². The van der Waals surface area contributed by atoms with Gasteiger partial charge in [-0.2, -0.15) is 5.10 Å². The van der Waals surface area contributed by atoms with Gasteiger partial charge in [-0.1, -0.05) is 30.9 Å². The van der Waals surface area contributed by atoms with E-state index in [4.69, 9.17) is 0 Å². The minimum atomic E-state index is 0.912. The molecule has 3 heterocycles. The number of hydrogen-bond donors (Lipinski definition) is 2. The minimum Gasteiger partial charge on any atom is -0.376 e. The minimum absolute atomic E-state index is 0.912. The van der Waals surface area contributed by atoms with Gasteiger partial charge in [-0.25, -0.2) is 0 Å². The number of allylic oxidation sites excluding steroid dienone is 2. The fraction of sp³-hybridized carbons (Fsp3) is 0.130. The standard InChI is InChI=1S/C23H23N5/c1-5-6-7-16-12-22(25-15(16)2)23-20-11-17(8-9-21(20)26-27-23)18-10-19(28(3)4)14-24-13-18/h5-14,25H,1H2,2-4H3,(H,26,27)/b7-6-. The number of nitrogens with one attached hydrogen (secondary N) is 2. The van der Waals surface area contributed by atoms with Crippen molar-refractivity contribution in [2.24, 2.45) is 0 Å². The molecule has 140 valence electrons. The first-order valence-corrected chi connectivity index (χ1v) is 9.17. The van der Waals surface area contributed by atoms with Gasteiger partial charge in [-0.15, -0.1) is 0 Å². The molecule has 4 rings (SSSR count). The summed E-state index contributed by atoms with van der Waals surface area (Å²) < 4.78 is 0. The molecule has 28 heavy (non-hydrogen) atoms. The van der Waals surface area contributed by atoms with Crippen LogP contribution in [0.5, 0.6) is 0 Å². The molecular formula is C23H23N5. The topological polar surface area (TPSA) is 60.6 Å². The van der Waals surface area contributed by atoms with Gasteiger partial charge in [0, 0.05) is 36.9 Å². The second-order valence-electron chi connectivity index (χ2n) is 7.02. The van der Waals surface area contributed by atoms with Crippen molar-refractivity contribution in [2.75, 3.05) is 19.0 Å². The Labute approximate surface area is 164 Å². The summed E-state index contributed by atoms with van der Waals surface area (Å²) in [6.45, 7) is 5.80. The fourth-order valence-electron chi connectivity index (χ4n) is 3.28. The maximum atomic E-state index is 4.56. The number of benzene rings is 1. The van der Waals surface area contributed by atoms with Crippen LogP contribution in [0.15, 0.2) is 61.5 Å². The Bertz CT molecular complexity index is 1180. The van der Waals surface area contributed by atoms with E-state index < -0.39 is 0 Å². The number of pyridine rings is 1. The molecule has 0 bridgehead atoms. The summed E-state index contributed by atoms with van der Waals surface area (Å²) in [5, 5.41) is 8.77. The number of aryl methyl sites for hydroxylation is 1. The van der Waals surface area contributed by atoms with E-state index in [9.17, 15) is 0 Å². The highest BCUT2D eigenvalue weighted by molar-refractivity contribution is 5.95. The van der Waals surface area contributed by atoms with Crippen molar-refractivity contribution in [2.45, 2.75) is 6.92 Å². The van der Waals surface area contributed by atoms with Crippen LogP contribution in [-0.4, -0.2) is 34.3 Å². The fourth-order valence-corrected chi connectivity index (χ4v) is 3.28. The summed E-state index contributed by atoms with van der Waals surface area (Å²) in [6.07, 6.45) is 9.51. The molecule has 0 spiro atoms. The predicted octanol–water partition coefficient (Wildman–Crippen LogP) is 5.19. The van der Waals surface area contributed by atoms with Crippen LogP contribution in [0.4, 0.5) is 5.69 Å². The molecule has 0 saturated heterocycles. The monoisotopic (exact) mass is 369 g/mol. The Hall–Kier alpha value is -3.60. The van der Waals surface area contributed by atoms with Gasteiger partial charge in [0.15, 0.2) is 0 Å². The van der Waals surface area contributed by atoms with E-state index in [0.29, 0.717) is 0 Å². The third-order valence-electron chi connectivity index (χ3n) is 4.86. The highest BCUT2D eigenvalue weighted by Crippen LogP contribution is 2.32. The number of hydrogen-bond acceptors (Lipinski definition) is 3. The first kappa shape index (κ1) is 17.8. The third-order valence-corrected chi connectivity index (χ3v) is 4.86. The molecular weight excluding hydrogens is 346 g/mol. The zero-order valence-corrected chi connectivity index (χ0v) is 16.3. The predicted molar refractivity (Wildman–Crippen MR) is 117 cm³/mol. The number of fused-ring (bicyclic) bond motifs is 1. The zero-order valence-electron chi connectivity index (χ0n) is 16.3. The summed E-state index contributed by atoms with van der Waals surface area (Å²) in [4.78, 5) is 9.89. The SMILES string of the molecule is C=C/C=C\c1cc(-c2n[nH]c3ccc(-c4cncc(N(C)C)c4)cc23)[nH]c1C. The van der Waals surface area contributed by atoms with Crippen LogP contribution in [0.2, 0.25) is 0 Å². The Morgan fingerprint density at radius 3 is 2.71 bits per heavy atom. The quantitative estimate of drug-likeness (QED) is 0.476. The molecule has 0 atom stereocenters. The largest absolute Gasteiger partial charge is 0.376 e. The molecule has 3 aromatic heterocycles. The lowest BCUT2D eigenvalue weighted by molar-refractivity contribution is 1.11. The molecule has 0 saturated carbocycles. The van der Waals surface area contributed by atoms with Gasteiger partial charge in [-0.3, -0.25) is 10.1 Å². The molecule has 0 amide bonds. The summed E-state index contributed by atoms with van der Waals surface area (Å²) in [5.74, 6) is 0. The van der Waals surface area contributed by atoms with Gasteiger partial charge < -0.3 is 9.88 Å². The smallest absolute Gasteiger partial charge is 0.116 e. The summed E-state index contributed by atoms with van der Waals surface area (Å²) >= 11 is 0. The number of rotatable bonds is 5. The van der Waals surface area contributed by atoms with Crippen LogP contribution in [-0.2, 0) is 0 Å². The number of H-pyrrole nitrogens is 2. The van der Waals surface area contributed by atoms with Crippen molar-refractivity contribution in [3.8, 4) is 22.5 Å². The maximum absolute atomic E-state index is 4.56. The highest BCUT2D eigenvalue weighted by Gasteiger charge is 2.13. The van der Waals surface area contributed by atoms with Crippen molar-refractivity contribution in [3.05, 3.63) is 72.7 Å². The molecule has 0 fully saturated rings. The molecule has 0 aliphatic heterocycles. The van der Waals surface area contributed by atoms with Crippen LogP contribution in [0.1, 0.15) is 11.3 Å². The molecule has 5 heteroatoms. The molecule has 4 aromatic rings. The van der Waals surface area contributed by atoms with Crippen LogP contribution in [0.3, 0.4) is 0 Å². The Balaban J connectivity index is 1.80. The van der Waals surface area contributed by atoms with E-state index >= 15 is 0 Å². The third kappa shape index (κ3) is 3.22. The molecule has 0 radical (unpaired) electrons.